The molecular weight excluding hydrogens is 397 g/mol. The van der Waals surface area contributed by atoms with Gasteiger partial charge in [0.15, 0.2) is 0 Å². The second kappa shape index (κ2) is 7.22. The molecule has 2 aromatic heterocycles. The Balaban J connectivity index is 1.90. The number of pyridine rings is 1. The maximum atomic E-state index is 13.1. The molecule has 3 N–H and O–H groups in total. The van der Waals surface area contributed by atoms with Gasteiger partial charge in [-0.2, -0.15) is 0 Å². The van der Waals surface area contributed by atoms with E-state index in [2.05, 4.69) is 10.3 Å². The van der Waals surface area contributed by atoms with Crippen molar-refractivity contribution >= 4 is 49.5 Å². The highest BCUT2D eigenvalue weighted by Gasteiger charge is 2.16. The Hall–Kier alpha value is -2.96. The van der Waals surface area contributed by atoms with Gasteiger partial charge >= 0.3 is 0 Å². The van der Waals surface area contributed by atoms with E-state index in [9.17, 15) is 9.18 Å². The Labute approximate surface area is 169 Å². The van der Waals surface area contributed by atoms with Gasteiger partial charge in [-0.3, -0.25) is 4.79 Å². The summed E-state index contributed by atoms with van der Waals surface area (Å²) in [5.41, 5.74) is 9.00. The SMILES string of the molecule is Cc1cc(-c2ccc(Cl)cc2)c2c(=O)c(N)c(Nc3ccc(F)cc3)sc2n1. The third-order valence-electron chi connectivity index (χ3n) is 4.29. The van der Waals surface area contributed by atoms with Gasteiger partial charge in [-0.05, 0) is 60.5 Å². The molecule has 0 atom stereocenters. The number of hydrogen-bond donors (Lipinski definition) is 2. The number of aryl methyl sites for hydroxylation is 1. The van der Waals surface area contributed by atoms with Crippen LogP contribution in [0.15, 0.2) is 59.4 Å². The van der Waals surface area contributed by atoms with Crippen LogP contribution in [-0.2, 0) is 0 Å². The van der Waals surface area contributed by atoms with Crippen LogP contribution in [0.1, 0.15) is 5.69 Å². The monoisotopic (exact) mass is 411 g/mol. The minimum atomic E-state index is -0.338. The van der Waals surface area contributed by atoms with Crippen molar-refractivity contribution in [2.24, 2.45) is 0 Å². The average Bonchev–Trinajstić information content (AvgIpc) is 2.67. The van der Waals surface area contributed by atoms with Gasteiger partial charge in [0.25, 0.3) is 0 Å². The fraction of sp³-hybridized carbons (Fsp3) is 0.0476. The molecule has 7 heteroatoms. The summed E-state index contributed by atoms with van der Waals surface area (Å²) in [5.74, 6) is -0.338. The lowest BCUT2D eigenvalue weighted by Gasteiger charge is -2.12. The third-order valence-corrected chi connectivity index (χ3v) is 5.55. The predicted molar refractivity (Wildman–Crippen MR) is 115 cm³/mol. The van der Waals surface area contributed by atoms with Gasteiger partial charge in [-0.15, -0.1) is 0 Å². The van der Waals surface area contributed by atoms with Crippen LogP contribution in [0.4, 0.5) is 20.8 Å². The fourth-order valence-corrected chi connectivity index (χ4v) is 4.13. The van der Waals surface area contributed by atoms with Crippen molar-refractivity contribution in [2.45, 2.75) is 6.92 Å². The first-order chi connectivity index (χ1) is 13.4. The molecule has 0 aliphatic rings. The van der Waals surface area contributed by atoms with E-state index in [1.165, 1.54) is 23.5 Å². The van der Waals surface area contributed by atoms with E-state index < -0.39 is 0 Å². The minimum absolute atomic E-state index is 0.0997. The molecule has 0 fully saturated rings. The van der Waals surface area contributed by atoms with Crippen LogP contribution in [0.2, 0.25) is 5.02 Å². The lowest BCUT2D eigenvalue weighted by atomic mass is 10.0. The Morgan fingerprint density at radius 2 is 1.79 bits per heavy atom. The van der Waals surface area contributed by atoms with Crippen molar-refractivity contribution in [1.29, 1.82) is 0 Å². The molecule has 0 aliphatic heterocycles. The number of fused-ring (bicyclic) bond motifs is 1. The maximum absolute atomic E-state index is 13.1. The Morgan fingerprint density at radius 1 is 1.11 bits per heavy atom. The summed E-state index contributed by atoms with van der Waals surface area (Å²) < 4.78 is 13.1. The quantitative estimate of drug-likeness (QED) is 0.450. The van der Waals surface area contributed by atoms with Crippen LogP contribution in [0.3, 0.4) is 0 Å². The molecule has 0 amide bonds. The molecule has 0 saturated heterocycles. The van der Waals surface area contributed by atoms with E-state index in [1.807, 2.05) is 25.1 Å². The van der Waals surface area contributed by atoms with Gasteiger partial charge < -0.3 is 11.1 Å². The molecule has 4 nitrogen and oxygen atoms in total. The van der Waals surface area contributed by atoms with E-state index in [0.717, 1.165) is 16.8 Å². The zero-order valence-electron chi connectivity index (χ0n) is 14.8. The number of aromatic nitrogens is 1. The predicted octanol–water partition coefficient (Wildman–Crippen LogP) is 5.75. The molecule has 4 rings (SSSR count). The van der Waals surface area contributed by atoms with Gasteiger partial charge in [0.1, 0.15) is 21.3 Å². The second-order valence-corrected chi connectivity index (χ2v) is 7.74. The van der Waals surface area contributed by atoms with Crippen molar-refractivity contribution in [3.63, 3.8) is 0 Å². The Kier molecular flexibility index (Phi) is 4.75. The molecule has 0 unspecified atom stereocenters. The molecule has 0 saturated carbocycles. The lowest BCUT2D eigenvalue weighted by molar-refractivity contribution is 0.628. The molecule has 0 spiro atoms. The number of rotatable bonds is 3. The van der Waals surface area contributed by atoms with E-state index in [1.54, 1.807) is 24.3 Å². The van der Waals surface area contributed by atoms with Gasteiger partial charge in [-0.25, -0.2) is 9.37 Å². The first kappa shape index (κ1) is 18.4. The van der Waals surface area contributed by atoms with Crippen molar-refractivity contribution in [2.75, 3.05) is 11.1 Å². The van der Waals surface area contributed by atoms with E-state index >= 15 is 0 Å². The molecule has 0 radical (unpaired) electrons. The third kappa shape index (κ3) is 3.44. The number of benzene rings is 2. The molecule has 140 valence electrons. The highest BCUT2D eigenvalue weighted by Crippen LogP contribution is 2.35. The summed E-state index contributed by atoms with van der Waals surface area (Å²) in [6, 6.07) is 15.0. The number of anilines is 3. The zero-order chi connectivity index (χ0) is 19.8. The topological polar surface area (TPSA) is 68.0 Å². The standard InChI is InChI=1S/C21H15ClFN3OS/c1-11-10-16(12-2-4-13(22)5-3-12)17-19(27)18(24)21(28-20(17)25-11)26-15-8-6-14(23)7-9-15/h2-10,26H,24H2,1H3. The van der Waals surface area contributed by atoms with Crippen molar-refractivity contribution in [3.8, 4) is 11.1 Å². The average molecular weight is 412 g/mol. The molecule has 4 aromatic rings. The van der Waals surface area contributed by atoms with Crippen molar-refractivity contribution < 1.29 is 4.39 Å². The van der Waals surface area contributed by atoms with Crippen LogP contribution in [0.25, 0.3) is 21.3 Å². The number of nitrogens with one attached hydrogen (secondary N) is 1. The van der Waals surface area contributed by atoms with E-state index in [4.69, 9.17) is 17.3 Å². The molecule has 0 bridgehead atoms. The van der Waals surface area contributed by atoms with E-state index in [0.29, 0.717) is 25.9 Å². The van der Waals surface area contributed by atoms with Crippen molar-refractivity contribution in [1.82, 2.24) is 4.98 Å². The highest BCUT2D eigenvalue weighted by molar-refractivity contribution is 7.22. The number of nitrogens with two attached hydrogens (primary N) is 1. The molecule has 2 heterocycles. The zero-order valence-corrected chi connectivity index (χ0v) is 16.4. The normalized spacial score (nSPS) is 11.0. The number of hydrogen-bond acceptors (Lipinski definition) is 5. The maximum Gasteiger partial charge on any atom is 0.215 e. The van der Waals surface area contributed by atoms with Crippen LogP contribution >= 0.6 is 22.9 Å². The van der Waals surface area contributed by atoms with Crippen LogP contribution in [-0.4, -0.2) is 4.98 Å². The summed E-state index contributed by atoms with van der Waals surface area (Å²) in [6.07, 6.45) is 0. The summed E-state index contributed by atoms with van der Waals surface area (Å²) >= 11 is 7.27. The van der Waals surface area contributed by atoms with Gasteiger partial charge in [0.2, 0.25) is 5.43 Å². The summed E-state index contributed by atoms with van der Waals surface area (Å²) in [4.78, 5) is 18.2. The summed E-state index contributed by atoms with van der Waals surface area (Å²) in [7, 11) is 0. The summed E-state index contributed by atoms with van der Waals surface area (Å²) in [6.45, 7) is 1.87. The Morgan fingerprint density at radius 3 is 2.46 bits per heavy atom. The number of nitrogens with zero attached hydrogens (tertiary/aromatic N) is 1. The molecular formula is C21H15ClFN3OS. The van der Waals surface area contributed by atoms with Crippen molar-refractivity contribution in [3.05, 3.63) is 81.4 Å². The molecule has 0 aliphatic carbocycles. The fourth-order valence-electron chi connectivity index (χ4n) is 2.94. The Bertz CT molecular complexity index is 1240. The highest BCUT2D eigenvalue weighted by atomic mass is 35.5. The molecule has 2 aromatic carbocycles. The number of halogens is 2. The van der Waals surface area contributed by atoms with Gasteiger partial charge in [-0.1, -0.05) is 35.1 Å². The lowest BCUT2D eigenvalue weighted by Crippen LogP contribution is -2.12. The smallest absolute Gasteiger partial charge is 0.215 e. The minimum Gasteiger partial charge on any atom is -0.393 e. The summed E-state index contributed by atoms with van der Waals surface area (Å²) in [5, 5.41) is 4.66. The number of nitrogen functional groups attached to an aromatic ring is 1. The molecule has 28 heavy (non-hydrogen) atoms. The van der Waals surface area contributed by atoms with Gasteiger partial charge in [0.05, 0.1) is 5.39 Å². The van der Waals surface area contributed by atoms with Gasteiger partial charge in [0, 0.05) is 16.4 Å². The van der Waals surface area contributed by atoms with Crippen LogP contribution in [0.5, 0.6) is 0 Å². The van der Waals surface area contributed by atoms with Crippen LogP contribution in [0, 0.1) is 12.7 Å². The largest absolute Gasteiger partial charge is 0.393 e. The van der Waals surface area contributed by atoms with Crippen LogP contribution < -0.4 is 16.5 Å². The first-order valence-corrected chi connectivity index (χ1v) is 9.64. The first-order valence-electron chi connectivity index (χ1n) is 8.45. The van der Waals surface area contributed by atoms with E-state index in [-0.39, 0.29) is 16.9 Å². The second-order valence-electron chi connectivity index (χ2n) is 6.30.